The van der Waals surface area contributed by atoms with Gasteiger partial charge in [0.1, 0.15) is 6.61 Å². The Labute approximate surface area is 106 Å². The van der Waals surface area contributed by atoms with Gasteiger partial charge in [-0.2, -0.15) is 0 Å². The van der Waals surface area contributed by atoms with E-state index in [4.69, 9.17) is 4.74 Å². The number of rotatable bonds is 7. The molecular formula is C12H20F2N2O2. The van der Waals surface area contributed by atoms with Crippen molar-refractivity contribution in [3.8, 4) is 0 Å². The van der Waals surface area contributed by atoms with E-state index in [0.29, 0.717) is 19.1 Å². The Balaban J connectivity index is 1.68. The number of likely N-dealkylation sites (tertiary alicyclic amines) is 1. The number of hydrogen-bond donors (Lipinski definition) is 1. The number of nitrogens with one attached hydrogen (secondary N) is 1. The van der Waals surface area contributed by atoms with Crippen LogP contribution in [0.25, 0.3) is 0 Å². The molecule has 1 unspecified atom stereocenters. The Morgan fingerprint density at radius 1 is 1.39 bits per heavy atom. The second-order valence-corrected chi connectivity index (χ2v) is 4.93. The maximum absolute atomic E-state index is 12.1. The van der Waals surface area contributed by atoms with Crippen molar-refractivity contribution >= 4 is 5.91 Å². The first kappa shape index (κ1) is 13.7. The van der Waals surface area contributed by atoms with Crippen molar-refractivity contribution in [1.82, 2.24) is 10.2 Å². The predicted molar refractivity (Wildman–Crippen MR) is 62.6 cm³/mol. The zero-order valence-electron chi connectivity index (χ0n) is 10.4. The maximum Gasteiger partial charge on any atom is 0.261 e. The lowest BCUT2D eigenvalue weighted by Gasteiger charge is -2.32. The molecule has 0 spiro atoms. The quantitative estimate of drug-likeness (QED) is 0.696. The molecule has 0 radical (unpaired) electrons. The molecule has 2 aliphatic rings. The second kappa shape index (κ2) is 6.43. The number of carbonyl (C=O) groups excluding carboxylic acids is 1. The number of alkyl halides is 2. The summed E-state index contributed by atoms with van der Waals surface area (Å²) >= 11 is 0. The van der Waals surface area contributed by atoms with Crippen LogP contribution >= 0.6 is 0 Å². The highest BCUT2D eigenvalue weighted by Gasteiger charge is 2.33. The normalized spacial score (nSPS) is 24.9. The van der Waals surface area contributed by atoms with Crippen LogP contribution in [0.2, 0.25) is 0 Å². The van der Waals surface area contributed by atoms with E-state index in [1.807, 2.05) is 0 Å². The molecule has 1 heterocycles. The lowest BCUT2D eigenvalue weighted by atomic mass is 10.0. The van der Waals surface area contributed by atoms with Crippen LogP contribution in [0.3, 0.4) is 0 Å². The van der Waals surface area contributed by atoms with E-state index in [2.05, 4.69) is 5.32 Å². The van der Waals surface area contributed by atoms with E-state index in [1.165, 1.54) is 0 Å². The number of carbonyl (C=O) groups is 1. The highest BCUT2D eigenvalue weighted by Crippen LogP contribution is 2.22. The van der Waals surface area contributed by atoms with Crippen molar-refractivity contribution < 1.29 is 18.3 Å². The second-order valence-electron chi connectivity index (χ2n) is 4.93. The number of ether oxygens (including phenoxy) is 1. The smallest absolute Gasteiger partial charge is 0.261 e. The Bertz CT molecular complexity index is 285. The molecule has 2 fully saturated rings. The van der Waals surface area contributed by atoms with Crippen LogP contribution in [0.4, 0.5) is 8.78 Å². The van der Waals surface area contributed by atoms with Crippen molar-refractivity contribution in [1.29, 1.82) is 0 Å². The first-order chi connectivity index (χ1) is 8.66. The van der Waals surface area contributed by atoms with E-state index in [9.17, 15) is 13.6 Å². The van der Waals surface area contributed by atoms with Crippen LogP contribution in [0.1, 0.15) is 25.7 Å². The van der Waals surface area contributed by atoms with Gasteiger partial charge in [-0.15, -0.1) is 0 Å². The molecule has 1 saturated carbocycles. The SMILES string of the molecule is O=C1C(NC2CC2)CCCN1CCOCC(F)F. The Kier molecular flexibility index (Phi) is 4.88. The van der Waals surface area contributed by atoms with Gasteiger partial charge in [0.15, 0.2) is 0 Å². The fourth-order valence-corrected chi connectivity index (χ4v) is 2.20. The minimum Gasteiger partial charge on any atom is -0.374 e. The molecule has 0 aromatic carbocycles. The highest BCUT2D eigenvalue weighted by molar-refractivity contribution is 5.82. The van der Waals surface area contributed by atoms with Crippen molar-refractivity contribution in [2.24, 2.45) is 0 Å². The summed E-state index contributed by atoms with van der Waals surface area (Å²) in [7, 11) is 0. The van der Waals surface area contributed by atoms with E-state index < -0.39 is 13.0 Å². The van der Waals surface area contributed by atoms with Gasteiger partial charge in [-0.25, -0.2) is 8.78 Å². The lowest BCUT2D eigenvalue weighted by Crippen LogP contribution is -2.52. The van der Waals surface area contributed by atoms with Gasteiger partial charge >= 0.3 is 0 Å². The minimum absolute atomic E-state index is 0.0821. The summed E-state index contributed by atoms with van der Waals surface area (Å²) in [6, 6.07) is 0.426. The van der Waals surface area contributed by atoms with Crippen LogP contribution in [0.15, 0.2) is 0 Å². The first-order valence-electron chi connectivity index (χ1n) is 6.57. The van der Waals surface area contributed by atoms with Crippen LogP contribution in [0, 0.1) is 0 Å². The van der Waals surface area contributed by atoms with Crippen LogP contribution in [-0.2, 0) is 9.53 Å². The van der Waals surface area contributed by atoms with Crippen LogP contribution in [0.5, 0.6) is 0 Å². The number of nitrogens with zero attached hydrogens (tertiary/aromatic N) is 1. The van der Waals surface area contributed by atoms with E-state index in [0.717, 1.165) is 25.7 Å². The molecule has 1 atom stereocenters. The summed E-state index contributed by atoms with van der Waals surface area (Å²) in [5, 5.41) is 3.33. The summed E-state index contributed by atoms with van der Waals surface area (Å²) in [4.78, 5) is 13.8. The fourth-order valence-electron chi connectivity index (χ4n) is 2.20. The fraction of sp³-hybridized carbons (Fsp3) is 0.917. The van der Waals surface area contributed by atoms with Gasteiger partial charge in [0.25, 0.3) is 6.43 Å². The van der Waals surface area contributed by atoms with Gasteiger partial charge in [-0.1, -0.05) is 0 Å². The molecule has 1 aliphatic carbocycles. The first-order valence-corrected chi connectivity index (χ1v) is 6.57. The average Bonchev–Trinajstić information content (AvgIpc) is 3.12. The predicted octanol–water partition coefficient (Wildman–Crippen LogP) is 1.01. The Morgan fingerprint density at radius 2 is 2.17 bits per heavy atom. The molecule has 2 rings (SSSR count). The summed E-state index contributed by atoms with van der Waals surface area (Å²) < 4.78 is 28.6. The van der Waals surface area contributed by atoms with E-state index >= 15 is 0 Å². The van der Waals surface area contributed by atoms with Gasteiger partial charge in [0.2, 0.25) is 5.91 Å². The maximum atomic E-state index is 12.1. The summed E-state index contributed by atoms with van der Waals surface area (Å²) in [5.41, 5.74) is 0. The topological polar surface area (TPSA) is 41.6 Å². The molecule has 0 aromatic rings. The zero-order chi connectivity index (χ0) is 13.0. The van der Waals surface area contributed by atoms with Gasteiger partial charge in [0.05, 0.1) is 12.6 Å². The Hall–Kier alpha value is -0.750. The molecule has 18 heavy (non-hydrogen) atoms. The number of piperidine rings is 1. The van der Waals surface area contributed by atoms with Gasteiger partial charge < -0.3 is 15.0 Å². The third-order valence-corrected chi connectivity index (χ3v) is 3.29. The highest BCUT2D eigenvalue weighted by atomic mass is 19.3. The zero-order valence-corrected chi connectivity index (χ0v) is 10.4. The van der Waals surface area contributed by atoms with E-state index in [-0.39, 0.29) is 18.6 Å². The summed E-state index contributed by atoms with van der Waals surface area (Å²) in [5.74, 6) is 0.0915. The summed E-state index contributed by atoms with van der Waals surface area (Å²) in [6.45, 7) is 0.756. The number of amides is 1. The molecular weight excluding hydrogens is 242 g/mol. The third kappa shape index (κ3) is 4.17. The lowest BCUT2D eigenvalue weighted by molar-refractivity contribution is -0.137. The van der Waals surface area contributed by atoms with Gasteiger partial charge in [-0.05, 0) is 25.7 Å². The van der Waals surface area contributed by atoms with Crippen LogP contribution < -0.4 is 5.32 Å². The monoisotopic (exact) mass is 262 g/mol. The summed E-state index contributed by atoms with van der Waals surface area (Å²) in [6.07, 6.45) is 1.71. The molecule has 1 aliphatic heterocycles. The van der Waals surface area contributed by atoms with E-state index in [1.54, 1.807) is 4.90 Å². The number of halogens is 2. The largest absolute Gasteiger partial charge is 0.374 e. The van der Waals surface area contributed by atoms with Gasteiger partial charge in [0, 0.05) is 19.1 Å². The van der Waals surface area contributed by atoms with Crippen molar-refractivity contribution in [3.05, 3.63) is 0 Å². The van der Waals surface area contributed by atoms with Crippen molar-refractivity contribution in [3.63, 3.8) is 0 Å². The molecule has 0 bridgehead atoms. The molecule has 1 amide bonds. The van der Waals surface area contributed by atoms with Crippen molar-refractivity contribution in [2.75, 3.05) is 26.3 Å². The number of hydrogen-bond acceptors (Lipinski definition) is 3. The Morgan fingerprint density at radius 3 is 2.83 bits per heavy atom. The molecule has 1 N–H and O–H groups in total. The molecule has 6 heteroatoms. The van der Waals surface area contributed by atoms with Crippen LogP contribution in [-0.4, -0.2) is 55.6 Å². The van der Waals surface area contributed by atoms with Crippen molar-refractivity contribution in [2.45, 2.75) is 44.2 Å². The molecule has 104 valence electrons. The standard InChI is InChI=1S/C12H20F2N2O2/c13-11(14)8-18-7-6-16-5-1-2-10(12(16)17)15-9-3-4-9/h9-11,15H,1-8H2. The average molecular weight is 262 g/mol. The minimum atomic E-state index is -2.44. The molecule has 1 saturated heterocycles. The third-order valence-electron chi connectivity index (χ3n) is 3.29. The molecule has 0 aromatic heterocycles. The van der Waals surface area contributed by atoms with Gasteiger partial charge in [-0.3, -0.25) is 4.79 Å². The molecule has 4 nitrogen and oxygen atoms in total.